The molecule has 2 aromatic rings. The molecule has 0 saturated heterocycles. The Kier molecular flexibility index (Phi) is 5.39. The number of nitrogens with zero attached hydrogens (tertiary/aromatic N) is 3. The number of aromatic nitrogens is 1. The van der Waals surface area contributed by atoms with E-state index in [9.17, 15) is 0 Å². The molecule has 1 aromatic carbocycles. The van der Waals surface area contributed by atoms with Gasteiger partial charge in [0.15, 0.2) is 0 Å². The highest BCUT2D eigenvalue weighted by atomic mass is 35.5. The van der Waals surface area contributed by atoms with Crippen molar-refractivity contribution in [2.24, 2.45) is 0 Å². The minimum atomic E-state index is 0.333. The second-order valence-electron chi connectivity index (χ2n) is 5.89. The lowest BCUT2D eigenvalue weighted by Gasteiger charge is -2.26. The molecule has 5 heteroatoms. The molecule has 0 aliphatic rings. The largest absolute Gasteiger partial charge is 0.379 e. The van der Waals surface area contributed by atoms with Crippen LogP contribution in [0.2, 0.25) is 5.02 Å². The Morgan fingerprint density at radius 3 is 2.38 bits per heavy atom. The van der Waals surface area contributed by atoms with Gasteiger partial charge in [0.05, 0.1) is 11.6 Å². The number of fused-ring (bicyclic) bond motifs is 1. The number of benzene rings is 1. The first-order chi connectivity index (χ1) is 9.95. The van der Waals surface area contributed by atoms with E-state index in [2.05, 4.69) is 48.3 Å². The third-order valence-electron chi connectivity index (χ3n) is 3.23. The molecule has 0 radical (unpaired) electrons. The normalized spacial score (nSPS) is 11.8. The fourth-order valence-corrected chi connectivity index (χ4v) is 2.67. The summed E-state index contributed by atoms with van der Waals surface area (Å²) in [6.07, 6.45) is 1.83. The Morgan fingerprint density at radius 1 is 1.10 bits per heavy atom. The number of nitrogens with one attached hydrogen (secondary N) is 1. The van der Waals surface area contributed by atoms with E-state index in [-0.39, 0.29) is 0 Å². The standard InChI is InChI=1S/C16H23ClN4/c1-20(2)10-13(11-21(3)4)19-16-7-8-18-15-6-5-12(17)9-14(15)16/h5-9,13H,10-11H2,1-4H3,(H,18,19). The van der Waals surface area contributed by atoms with Crippen molar-refractivity contribution in [3.8, 4) is 0 Å². The number of rotatable bonds is 6. The molecule has 0 fully saturated rings. The molecular weight excluding hydrogens is 284 g/mol. The Hall–Kier alpha value is -1.36. The van der Waals surface area contributed by atoms with Crippen LogP contribution in [-0.2, 0) is 0 Å². The van der Waals surface area contributed by atoms with Crippen molar-refractivity contribution in [1.82, 2.24) is 14.8 Å². The molecule has 4 nitrogen and oxygen atoms in total. The zero-order valence-corrected chi connectivity index (χ0v) is 13.9. The lowest BCUT2D eigenvalue weighted by atomic mass is 10.1. The molecule has 0 aliphatic carbocycles. The first kappa shape index (κ1) is 16.0. The van der Waals surface area contributed by atoms with Gasteiger partial charge in [0, 0.05) is 35.4 Å². The van der Waals surface area contributed by atoms with Crippen LogP contribution in [0.15, 0.2) is 30.5 Å². The van der Waals surface area contributed by atoms with E-state index in [1.165, 1.54) is 0 Å². The molecule has 0 bridgehead atoms. The summed E-state index contributed by atoms with van der Waals surface area (Å²) in [5.74, 6) is 0. The van der Waals surface area contributed by atoms with Crippen molar-refractivity contribution in [2.45, 2.75) is 6.04 Å². The van der Waals surface area contributed by atoms with Crippen molar-refractivity contribution >= 4 is 28.2 Å². The van der Waals surface area contributed by atoms with E-state index < -0.39 is 0 Å². The molecular formula is C16H23ClN4. The maximum atomic E-state index is 6.12. The molecule has 0 unspecified atom stereocenters. The van der Waals surface area contributed by atoms with Gasteiger partial charge >= 0.3 is 0 Å². The minimum Gasteiger partial charge on any atom is -0.379 e. The lowest BCUT2D eigenvalue weighted by Crippen LogP contribution is -2.40. The van der Waals surface area contributed by atoms with E-state index in [0.29, 0.717) is 6.04 Å². The second kappa shape index (κ2) is 7.07. The number of hydrogen-bond acceptors (Lipinski definition) is 4. The number of hydrogen-bond donors (Lipinski definition) is 1. The van der Waals surface area contributed by atoms with Gasteiger partial charge in [-0.05, 0) is 52.5 Å². The molecule has 0 aliphatic heterocycles. The van der Waals surface area contributed by atoms with Gasteiger partial charge in [0.25, 0.3) is 0 Å². The van der Waals surface area contributed by atoms with E-state index >= 15 is 0 Å². The molecule has 0 atom stereocenters. The first-order valence-corrected chi connectivity index (χ1v) is 7.44. The molecule has 0 spiro atoms. The van der Waals surface area contributed by atoms with Gasteiger partial charge in [0.1, 0.15) is 0 Å². The summed E-state index contributed by atoms with van der Waals surface area (Å²) in [5.41, 5.74) is 2.04. The summed E-state index contributed by atoms with van der Waals surface area (Å²) in [6.45, 7) is 1.92. The van der Waals surface area contributed by atoms with Crippen LogP contribution in [0.4, 0.5) is 5.69 Å². The molecule has 0 amide bonds. The summed E-state index contributed by atoms with van der Waals surface area (Å²) in [6, 6.07) is 8.14. The predicted molar refractivity (Wildman–Crippen MR) is 91.3 cm³/mol. The van der Waals surface area contributed by atoms with Crippen LogP contribution in [0.3, 0.4) is 0 Å². The van der Waals surface area contributed by atoms with Crippen LogP contribution in [-0.4, -0.2) is 62.1 Å². The first-order valence-electron chi connectivity index (χ1n) is 7.06. The third-order valence-corrected chi connectivity index (χ3v) is 3.47. The predicted octanol–water partition coefficient (Wildman–Crippen LogP) is 2.79. The van der Waals surface area contributed by atoms with Crippen molar-refractivity contribution in [3.63, 3.8) is 0 Å². The average molecular weight is 307 g/mol. The quantitative estimate of drug-likeness (QED) is 0.889. The molecule has 114 valence electrons. The maximum Gasteiger partial charge on any atom is 0.0723 e. The average Bonchev–Trinajstić information content (AvgIpc) is 2.38. The zero-order chi connectivity index (χ0) is 15.4. The molecule has 2 rings (SSSR count). The fraction of sp³-hybridized carbons (Fsp3) is 0.438. The fourth-order valence-electron chi connectivity index (χ4n) is 2.49. The number of pyridine rings is 1. The van der Waals surface area contributed by atoms with Gasteiger partial charge in [-0.1, -0.05) is 11.6 Å². The van der Waals surface area contributed by atoms with Crippen LogP contribution < -0.4 is 5.32 Å². The second-order valence-corrected chi connectivity index (χ2v) is 6.32. The lowest BCUT2D eigenvalue weighted by molar-refractivity contribution is 0.320. The molecule has 21 heavy (non-hydrogen) atoms. The van der Waals surface area contributed by atoms with E-state index in [1.54, 1.807) is 0 Å². The maximum absolute atomic E-state index is 6.12. The zero-order valence-electron chi connectivity index (χ0n) is 13.1. The summed E-state index contributed by atoms with van der Waals surface area (Å²) in [7, 11) is 8.36. The summed E-state index contributed by atoms with van der Waals surface area (Å²) < 4.78 is 0. The van der Waals surface area contributed by atoms with Crippen molar-refractivity contribution in [3.05, 3.63) is 35.5 Å². The van der Waals surface area contributed by atoms with E-state index in [1.807, 2.05) is 30.5 Å². The third kappa shape index (κ3) is 4.56. The number of anilines is 1. The molecule has 1 heterocycles. The van der Waals surface area contributed by atoms with Gasteiger partial charge in [-0.2, -0.15) is 0 Å². The summed E-state index contributed by atoms with van der Waals surface area (Å²) >= 11 is 6.12. The summed E-state index contributed by atoms with van der Waals surface area (Å²) in [4.78, 5) is 8.78. The minimum absolute atomic E-state index is 0.333. The number of likely N-dealkylation sites (N-methyl/N-ethyl adjacent to an activating group) is 2. The van der Waals surface area contributed by atoms with Gasteiger partial charge < -0.3 is 15.1 Å². The van der Waals surface area contributed by atoms with Crippen LogP contribution in [0.1, 0.15) is 0 Å². The van der Waals surface area contributed by atoms with Crippen LogP contribution >= 0.6 is 11.6 Å². The van der Waals surface area contributed by atoms with Crippen LogP contribution in [0.25, 0.3) is 10.9 Å². The van der Waals surface area contributed by atoms with Crippen LogP contribution in [0, 0.1) is 0 Å². The van der Waals surface area contributed by atoms with Gasteiger partial charge in [-0.15, -0.1) is 0 Å². The Morgan fingerprint density at radius 2 is 1.76 bits per heavy atom. The van der Waals surface area contributed by atoms with Crippen molar-refractivity contribution < 1.29 is 0 Å². The van der Waals surface area contributed by atoms with E-state index in [0.717, 1.165) is 34.7 Å². The Balaban J connectivity index is 2.29. The van der Waals surface area contributed by atoms with Crippen molar-refractivity contribution in [1.29, 1.82) is 0 Å². The van der Waals surface area contributed by atoms with Gasteiger partial charge in [-0.25, -0.2) is 0 Å². The van der Waals surface area contributed by atoms with Crippen LogP contribution in [0.5, 0.6) is 0 Å². The Labute approximate surface area is 131 Å². The SMILES string of the molecule is CN(C)CC(CN(C)C)Nc1ccnc2ccc(Cl)cc12. The highest BCUT2D eigenvalue weighted by molar-refractivity contribution is 6.31. The molecule has 0 saturated carbocycles. The number of halogens is 1. The van der Waals surface area contributed by atoms with Gasteiger partial charge in [-0.3, -0.25) is 4.98 Å². The summed E-state index contributed by atoms with van der Waals surface area (Å²) in [5, 5.41) is 5.42. The monoisotopic (exact) mass is 306 g/mol. The topological polar surface area (TPSA) is 31.4 Å². The van der Waals surface area contributed by atoms with E-state index in [4.69, 9.17) is 11.6 Å². The molecule has 1 N–H and O–H groups in total. The van der Waals surface area contributed by atoms with Gasteiger partial charge in [0.2, 0.25) is 0 Å². The smallest absolute Gasteiger partial charge is 0.0723 e. The highest BCUT2D eigenvalue weighted by Crippen LogP contribution is 2.25. The van der Waals surface area contributed by atoms with Crippen molar-refractivity contribution in [2.75, 3.05) is 46.6 Å². The Bertz CT molecular complexity index is 588. The molecule has 1 aromatic heterocycles. The highest BCUT2D eigenvalue weighted by Gasteiger charge is 2.13.